The van der Waals surface area contributed by atoms with E-state index in [-0.39, 0.29) is 0 Å². The van der Waals surface area contributed by atoms with E-state index in [2.05, 4.69) is 77.4 Å². The molecule has 0 unspecified atom stereocenters. The fourth-order valence-corrected chi connectivity index (χ4v) is 5.25. The SMILES string of the molecule is C=C(Nc1cnc2cccnn12)c1cc2cn(C3CCC(N(C)C(=C)CC)CC3)nc2cc1CC. The molecule has 0 atom stereocenters. The van der Waals surface area contributed by atoms with Crippen molar-refractivity contribution >= 4 is 28.1 Å². The minimum absolute atomic E-state index is 0.445. The topological polar surface area (TPSA) is 63.3 Å². The van der Waals surface area contributed by atoms with E-state index >= 15 is 0 Å². The summed E-state index contributed by atoms with van der Waals surface area (Å²) in [6.45, 7) is 12.9. The molecule has 1 aliphatic rings. The third-order valence-electron chi connectivity index (χ3n) is 7.50. The molecule has 7 heteroatoms. The van der Waals surface area contributed by atoms with Gasteiger partial charge in [-0.15, -0.1) is 0 Å². The van der Waals surface area contributed by atoms with Crippen molar-refractivity contribution in [3.8, 4) is 0 Å². The lowest BCUT2D eigenvalue weighted by molar-refractivity contribution is 0.192. The van der Waals surface area contributed by atoms with Crippen LogP contribution >= 0.6 is 0 Å². The highest BCUT2D eigenvalue weighted by Gasteiger charge is 2.26. The molecule has 0 amide bonds. The number of anilines is 1. The molecular formula is C28H35N7. The Bertz CT molecular complexity index is 1370. The molecule has 3 heterocycles. The Labute approximate surface area is 207 Å². The van der Waals surface area contributed by atoms with E-state index in [9.17, 15) is 0 Å². The summed E-state index contributed by atoms with van der Waals surface area (Å²) < 4.78 is 3.99. The van der Waals surface area contributed by atoms with Crippen LogP contribution in [0.25, 0.3) is 22.2 Å². The van der Waals surface area contributed by atoms with Gasteiger partial charge in [0.15, 0.2) is 11.5 Å². The molecule has 0 bridgehead atoms. The minimum atomic E-state index is 0.445. The van der Waals surface area contributed by atoms with E-state index in [1.165, 1.54) is 24.1 Å². The first-order chi connectivity index (χ1) is 17.0. The van der Waals surface area contributed by atoms with Crippen molar-refractivity contribution in [2.24, 2.45) is 0 Å². The van der Waals surface area contributed by atoms with Crippen molar-refractivity contribution < 1.29 is 0 Å². The summed E-state index contributed by atoms with van der Waals surface area (Å²) in [5.41, 5.74) is 6.25. The second-order valence-corrected chi connectivity index (χ2v) is 9.56. The van der Waals surface area contributed by atoms with E-state index in [0.717, 1.165) is 59.3 Å². The largest absolute Gasteiger partial charge is 0.375 e. The van der Waals surface area contributed by atoms with Crippen LogP contribution in [-0.2, 0) is 6.42 Å². The van der Waals surface area contributed by atoms with E-state index < -0.39 is 0 Å². The number of rotatable bonds is 8. The van der Waals surface area contributed by atoms with Crippen LogP contribution in [0, 0.1) is 0 Å². The highest BCUT2D eigenvalue weighted by Crippen LogP contribution is 2.33. The van der Waals surface area contributed by atoms with Gasteiger partial charge in [0, 0.05) is 47.8 Å². The molecule has 182 valence electrons. The van der Waals surface area contributed by atoms with Crippen LogP contribution < -0.4 is 5.32 Å². The zero-order valence-corrected chi connectivity index (χ0v) is 21.0. The van der Waals surface area contributed by atoms with Gasteiger partial charge in [0.2, 0.25) is 0 Å². The van der Waals surface area contributed by atoms with Crippen molar-refractivity contribution in [1.82, 2.24) is 29.3 Å². The zero-order valence-electron chi connectivity index (χ0n) is 21.0. The number of nitrogens with zero attached hydrogens (tertiary/aromatic N) is 6. The van der Waals surface area contributed by atoms with Gasteiger partial charge in [0.25, 0.3) is 0 Å². The lowest BCUT2D eigenvalue weighted by Gasteiger charge is -2.36. The van der Waals surface area contributed by atoms with Gasteiger partial charge in [-0.2, -0.15) is 14.7 Å². The van der Waals surface area contributed by atoms with Gasteiger partial charge in [0.05, 0.1) is 17.8 Å². The molecule has 1 saturated carbocycles. The molecule has 1 fully saturated rings. The quantitative estimate of drug-likeness (QED) is 0.340. The molecule has 4 aromatic rings. The van der Waals surface area contributed by atoms with E-state index in [0.29, 0.717) is 12.1 Å². The zero-order chi connectivity index (χ0) is 24.5. The Balaban J connectivity index is 1.36. The Hall–Kier alpha value is -3.61. The summed E-state index contributed by atoms with van der Waals surface area (Å²) in [4.78, 5) is 6.80. The Kier molecular flexibility index (Phi) is 6.32. The molecule has 5 rings (SSSR count). The molecule has 0 spiro atoms. The van der Waals surface area contributed by atoms with Crippen molar-refractivity contribution in [3.63, 3.8) is 0 Å². The number of nitrogens with one attached hydrogen (secondary N) is 1. The van der Waals surface area contributed by atoms with Crippen LogP contribution in [0.15, 0.2) is 61.7 Å². The van der Waals surface area contributed by atoms with Crippen LogP contribution in [0.4, 0.5) is 5.82 Å². The molecule has 3 aromatic heterocycles. The van der Waals surface area contributed by atoms with Gasteiger partial charge in [0.1, 0.15) is 0 Å². The highest BCUT2D eigenvalue weighted by molar-refractivity contribution is 5.87. The second-order valence-electron chi connectivity index (χ2n) is 9.56. The van der Waals surface area contributed by atoms with Gasteiger partial charge in [-0.05, 0) is 68.4 Å². The van der Waals surface area contributed by atoms with Crippen LogP contribution in [0.5, 0.6) is 0 Å². The molecule has 0 aliphatic heterocycles. The van der Waals surface area contributed by atoms with Gasteiger partial charge in [-0.1, -0.05) is 27.0 Å². The van der Waals surface area contributed by atoms with E-state index in [1.807, 2.05) is 12.1 Å². The van der Waals surface area contributed by atoms with Crippen molar-refractivity contribution in [3.05, 3.63) is 72.8 Å². The molecular weight excluding hydrogens is 434 g/mol. The summed E-state index contributed by atoms with van der Waals surface area (Å²) in [6, 6.07) is 9.28. The number of imidazole rings is 1. The average molecular weight is 470 g/mol. The number of hydrogen-bond donors (Lipinski definition) is 1. The van der Waals surface area contributed by atoms with E-state index in [1.54, 1.807) is 16.9 Å². The first kappa shape index (κ1) is 23.1. The maximum atomic E-state index is 4.99. The smallest absolute Gasteiger partial charge is 0.155 e. The maximum Gasteiger partial charge on any atom is 0.155 e. The summed E-state index contributed by atoms with van der Waals surface area (Å²) in [7, 11) is 2.19. The number of fused-ring (bicyclic) bond motifs is 2. The fraction of sp³-hybridized carbons (Fsp3) is 0.393. The molecule has 35 heavy (non-hydrogen) atoms. The summed E-state index contributed by atoms with van der Waals surface area (Å²) in [6.07, 6.45) is 12.3. The molecule has 0 saturated heterocycles. The Morgan fingerprint density at radius 2 is 1.97 bits per heavy atom. The van der Waals surface area contributed by atoms with Gasteiger partial charge >= 0.3 is 0 Å². The van der Waals surface area contributed by atoms with Gasteiger partial charge in [-0.3, -0.25) is 4.68 Å². The van der Waals surface area contributed by atoms with Crippen LogP contribution in [0.1, 0.15) is 63.1 Å². The minimum Gasteiger partial charge on any atom is -0.375 e. The second kappa shape index (κ2) is 9.56. The number of hydrogen-bond acceptors (Lipinski definition) is 5. The molecule has 1 N–H and O–H groups in total. The highest BCUT2D eigenvalue weighted by atomic mass is 15.3. The monoisotopic (exact) mass is 469 g/mol. The average Bonchev–Trinajstić information content (AvgIpc) is 3.50. The van der Waals surface area contributed by atoms with Crippen molar-refractivity contribution in [2.75, 3.05) is 12.4 Å². The first-order valence-corrected chi connectivity index (χ1v) is 12.7. The summed E-state index contributed by atoms with van der Waals surface area (Å²) >= 11 is 0. The predicted octanol–water partition coefficient (Wildman–Crippen LogP) is 6.06. The molecule has 0 radical (unpaired) electrons. The number of allylic oxidation sites excluding steroid dienone is 1. The summed E-state index contributed by atoms with van der Waals surface area (Å²) in [5.74, 6) is 0.802. The lowest BCUT2D eigenvalue weighted by atomic mass is 9.90. The van der Waals surface area contributed by atoms with Gasteiger partial charge in [-0.25, -0.2) is 4.98 Å². The number of aryl methyl sites for hydroxylation is 1. The van der Waals surface area contributed by atoms with E-state index in [4.69, 9.17) is 5.10 Å². The third kappa shape index (κ3) is 4.43. The Morgan fingerprint density at radius 1 is 1.17 bits per heavy atom. The molecule has 7 nitrogen and oxygen atoms in total. The molecule has 1 aromatic carbocycles. The van der Waals surface area contributed by atoms with Crippen molar-refractivity contribution in [1.29, 1.82) is 0 Å². The first-order valence-electron chi connectivity index (χ1n) is 12.7. The lowest BCUT2D eigenvalue weighted by Crippen LogP contribution is -2.34. The summed E-state index contributed by atoms with van der Waals surface area (Å²) in [5, 5.41) is 14.0. The maximum absolute atomic E-state index is 4.99. The predicted molar refractivity (Wildman–Crippen MR) is 143 cm³/mol. The number of aromatic nitrogens is 5. The number of benzene rings is 1. The van der Waals surface area contributed by atoms with Crippen LogP contribution in [0.3, 0.4) is 0 Å². The van der Waals surface area contributed by atoms with Crippen LogP contribution in [0.2, 0.25) is 0 Å². The standard InChI is InChI=1S/C28H35N7/c1-6-19(3)33(5)23-10-12-24(13-11-23)34-18-22-15-25(21(7-2)16-26(22)32-34)20(4)31-28-17-29-27-9-8-14-30-35(27)28/h8-9,14-18,23-24,31H,3-4,6-7,10-13H2,1-2,5H3. The van der Waals surface area contributed by atoms with Crippen LogP contribution in [-0.4, -0.2) is 42.4 Å². The van der Waals surface area contributed by atoms with Crippen molar-refractivity contribution in [2.45, 2.75) is 64.5 Å². The van der Waals surface area contributed by atoms with Gasteiger partial charge < -0.3 is 10.2 Å². The normalized spacial score (nSPS) is 18.1. The third-order valence-corrected chi connectivity index (χ3v) is 7.50. The fourth-order valence-electron chi connectivity index (χ4n) is 5.25. The molecule has 1 aliphatic carbocycles. The Morgan fingerprint density at radius 3 is 2.71 bits per heavy atom.